The lowest BCUT2D eigenvalue weighted by molar-refractivity contribution is -0.134. The molecule has 1 atom stereocenters. The van der Waals surface area contributed by atoms with Gasteiger partial charge in [0.1, 0.15) is 6.54 Å². The third-order valence-electron chi connectivity index (χ3n) is 4.85. The lowest BCUT2D eigenvalue weighted by Gasteiger charge is -2.26. The van der Waals surface area contributed by atoms with E-state index in [2.05, 4.69) is 17.1 Å². The van der Waals surface area contributed by atoms with Crippen LogP contribution in [-0.4, -0.2) is 39.6 Å². The van der Waals surface area contributed by atoms with Crippen LogP contribution in [0.1, 0.15) is 18.4 Å². The Labute approximate surface area is 153 Å². The lowest BCUT2D eigenvalue weighted by Crippen LogP contribution is -2.38. The summed E-state index contributed by atoms with van der Waals surface area (Å²) in [6.07, 6.45) is 3.98. The molecule has 5 heteroatoms. The predicted octanol–water partition coefficient (Wildman–Crippen LogP) is 3.24. The SMILES string of the molecule is O=C(Cn1cnc2ccccc21)N(Cc1ccccc1)CC1CCCO1. The summed E-state index contributed by atoms with van der Waals surface area (Å²) in [4.78, 5) is 19.4. The Morgan fingerprint density at radius 2 is 1.96 bits per heavy atom. The first-order valence-electron chi connectivity index (χ1n) is 9.13. The smallest absolute Gasteiger partial charge is 0.242 e. The van der Waals surface area contributed by atoms with E-state index in [4.69, 9.17) is 4.74 Å². The first-order chi connectivity index (χ1) is 12.8. The number of ether oxygens (including phenoxy) is 1. The van der Waals surface area contributed by atoms with Gasteiger partial charge in [0.2, 0.25) is 5.91 Å². The van der Waals surface area contributed by atoms with Gasteiger partial charge in [-0.3, -0.25) is 4.79 Å². The maximum absolute atomic E-state index is 13.1. The summed E-state index contributed by atoms with van der Waals surface area (Å²) in [5, 5.41) is 0. The quantitative estimate of drug-likeness (QED) is 0.686. The molecule has 2 aromatic carbocycles. The fraction of sp³-hybridized carbons (Fsp3) is 0.333. The third-order valence-corrected chi connectivity index (χ3v) is 4.85. The number of rotatable bonds is 6. The highest BCUT2D eigenvalue weighted by Crippen LogP contribution is 2.17. The van der Waals surface area contributed by atoms with Gasteiger partial charge in [-0.15, -0.1) is 0 Å². The Bertz CT molecular complexity index is 869. The number of hydrogen-bond acceptors (Lipinski definition) is 3. The number of para-hydroxylation sites is 2. The maximum Gasteiger partial charge on any atom is 0.242 e. The molecule has 0 radical (unpaired) electrons. The fourth-order valence-corrected chi connectivity index (χ4v) is 3.47. The zero-order valence-corrected chi connectivity index (χ0v) is 14.8. The molecule has 2 heterocycles. The van der Waals surface area contributed by atoms with Crippen LogP contribution < -0.4 is 0 Å². The number of fused-ring (bicyclic) bond motifs is 1. The molecular formula is C21H23N3O2. The molecule has 0 saturated carbocycles. The van der Waals surface area contributed by atoms with Crippen LogP contribution in [0, 0.1) is 0 Å². The fourth-order valence-electron chi connectivity index (χ4n) is 3.47. The van der Waals surface area contributed by atoms with Gasteiger partial charge in [0.15, 0.2) is 0 Å². The average Bonchev–Trinajstić information content (AvgIpc) is 3.32. The number of nitrogens with zero attached hydrogens (tertiary/aromatic N) is 3. The summed E-state index contributed by atoms with van der Waals surface area (Å²) in [6, 6.07) is 18.0. The van der Waals surface area contributed by atoms with Crippen molar-refractivity contribution in [2.45, 2.75) is 32.0 Å². The monoisotopic (exact) mass is 349 g/mol. The number of benzene rings is 2. The van der Waals surface area contributed by atoms with Crippen molar-refractivity contribution in [3.05, 3.63) is 66.5 Å². The first-order valence-corrected chi connectivity index (χ1v) is 9.13. The Kier molecular flexibility index (Phi) is 4.97. The van der Waals surface area contributed by atoms with Gasteiger partial charge in [-0.2, -0.15) is 0 Å². The number of aromatic nitrogens is 2. The van der Waals surface area contributed by atoms with Gasteiger partial charge in [-0.05, 0) is 30.5 Å². The Balaban J connectivity index is 1.52. The summed E-state index contributed by atoms with van der Waals surface area (Å²) >= 11 is 0. The Hall–Kier alpha value is -2.66. The van der Waals surface area contributed by atoms with Gasteiger partial charge >= 0.3 is 0 Å². The molecule has 1 aliphatic rings. The number of carbonyl (C=O) groups is 1. The normalized spacial score (nSPS) is 16.8. The molecule has 1 fully saturated rings. The minimum atomic E-state index is 0.0903. The van der Waals surface area contributed by atoms with Crippen molar-refractivity contribution >= 4 is 16.9 Å². The molecule has 5 nitrogen and oxygen atoms in total. The molecular weight excluding hydrogens is 326 g/mol. The van der Waals surface area contributed by atoms with Gasteiger partial charge in [0, 0.05) is 19.7 Å². The van der Waals surface area contributed by atoms with E-state index < -0.39 is 0 Å². The van der Waals surface area contributed by atoms with E-state index in [9.17, 15) is 4.79 Å². The topological polar surface area (TPSA) is 47.4 Å². The van der Waals surface area contributed by atoms with Gasteiger partial charge < -0.3 is 14.2 Å². The second-order valence-electron chi connectivity index (χ2n) is 6.76. The molecule has 1 aromatic heterocycles. The highest BCUT2D eigenvalue weighted by molar-refractivity contribution is 5.80. The summed E-state index contributed by atoms with van der Waals surface area (Å²) in [5.41, 5.74) is 3.03. The van der Waals surface area contributed by atoms with Crippen LogP contribution >= 0.6 is 0 Å². The van der Waals surface area contributed by atoms with Crippen molar-refractivity contribution in [3.8, 4) is 0 Å². The van der Waals surface area contributed by atoms with Crippen LogP contribution in [0.5, 0.6) is 0 Å². The van der Waals surface area contributed by atoms with Crippen molar-refractivity contribution in [1.29, 1.82) is 0 Å². The van der Waals surface area contributed by atoms with Crippen molar-refractivity contribution in [1.82, 2.24) is 14.5 Å². The second-order valence-corrected chi connectivity index (χ2v) is 6.76. The van der Waals surface area contributed by atoms with Gasteiger partial charge in [-0.25, -0.2) is 4.98 Å². The molecule has 0 N–H and O–H groups in total. The van der Waals surface area contributed by atoms with Crippen LogP contribution in [0.3, 0.4) is 0 Å². The van der Waals surface area contributed by atoms with Crippen molar-refractivity contribution in [2.75, 3.05) is 13.2 Å². The van der Waals surface area contributed by atoms with Crippen molar-refractivity contribution in [2.24, 2.45) is 0 Å². The largest absolute Gasteiger partial charge is 0.376 e. The molecule has 4 rings (SSSR count). The highest BCUT2D eigenvalue weighted by atomic mass is 16.5. The molecule has 26 heavy (non-hydrogen) atoms. The lowest BCUT2D eigenvalue weighted by atomic mass is 10.2. The molecule has 3 aromatic rings. The Morgan fingerprint density at radius 1 is 1.15 bits per heavy atom. The predicted molar refractivity (Wildman–Crippen MR) is 101 cm³/mol. The molecule has 1 aliphatic heterocycles. The van der Waals surface area contributed by atoms with E-state index >= 15 is 0 Å². The second kappa shape index (κ2) is 7.70. The van der Waals surface area contributed by atoms with Crippen LogP contribution in [-0.2, 0) is 22.6 Å². The summed E-state index contributed by atoms with van der Waals surface area (Å²) in [6.45, 7) is 2.33. The van der Waals surface area contributed by atoms with Crippen LogP contribution in [0.15, 0.2) is 60.9 Å². The van der Waals surface area contributed by atoms with Gasteiger partial charge in [0.05, 0.1) is 23.5 Å². The van der Waals surface area contributed by atoms with Crippen LogP contribution in [0.25, 0.3) is 11.0 Å². The highest BCUT2D eigenvalue weighted by Gasteiger charge is 2.23. The van der Waals surface area contributed by atoms with E-state index in [0.717, 1.165) is 36.0 Å². The first kappa shape index (κ1) is 16.8. The standard InChI is InChI=1S/C21H23N3O2/c25-21(15-24-16-22-19-10-4-5-11-20(19)24)23(14-18-9-6-12-26-18)13-17-7-2-1-3-8-17/h1-5,7-8,10-11,16,18H,6,9,12-15H2. The van der Waals surface area contributed by atoms with Crippen LogP contribution in [0.2, 0.25) is 0 Å². The maximum atomic E-state index is 13.1. The molecule has 1 amide bonds. The number of imidazole rings is 1. The van der Waals surface area contributed by atoms with Crippen LogP contribution in [0.4, 0.5) is 0 Å². The van der Waals surface area contributed by atoms with E-state index in [0.29, 0.717) is 19.6 Å². The van der Waals surface area contributed by atoms with Crippen molar-refractivity contribution in [3.63, 3.8) is 0 Å². The van der Waals surface area contributed by atoms with E-state index in [1.807, 2.05) is 51.9 Å². The van der Waals surface area contributed by atoms with Crippen molar-refractivity contribution < 1.29 is 9.53 Å². The third kappa shape index (κ3) is 3.78. The van der Waals surface area contributed by atoms with Gasteiger partial charge in [-0.1, -0.05) is 42.5 Å². The molecule has 1 saturated heterocycles. The van der Waals surface area contributed by atoms with E-state index in [-0.39, 0.29) is 12.0 Å². The van der Waals surface area contributed by atoms with E-state index in [1.54, 1.807) is 6.33 Å². The minimum Gasteiger partial charge on any atom is -0.376 e. The minimum absolute atomic E-state index is 0.0903. The zero-order chi connectivity index (χ0) is 17.8. The molecule has 0 bridgehead atoms. The molecule has 1 unspecified atom stereocenters. The average molecular weight is 349 g/mol. The zero-order valence-electron chi connectivity index (χ0n) is 14.8. The van der Waals surface area contributed by atoms with E-state index in [1.165, 1.54) is 0 Å². The van der Waals surface area contributed by atoms with Gasteiger partial charge in [0.25, 0.3) is 0 Å². The molecule has 0 spiro atoms. The Morgan fingerprint density at radius 3 is 2.77 bits per heavy atom. The molecule has 0 aliphatic carbocycles. The number of hydrogen-bond donors (Lipinski definition) is 0. The number of carbonyl (C=O) groups excluding carboxylic acids is 1. The summed E-state index contributed by atoms with van der Waals surface area (Å²) in [7, 11) is 0. The molecule has 134 valence electrons. The summed E-state index contributed by atoms with van der Waals surface area (Å²) < 4.78 is 7.69. The summed E-state index contributed by atoms with van der Waals surface area (Å²) in [5.74, 6) is 0.0903. The number of amides is 1.